The minimum absolute atomic E-state index is 0.157. The van der Waals surface area contributed by atoms with Gasteiger partial charge in [0.05, 0.1) is 6.10 Å². The Balaban J connectivity index is 2.59. The molecule has 1 aromatic carbocycles. The summed E-state index contributed by atoms with van der Waals surface area (Å²) < 4.78 is 18.5. The lowest BCUT2D eigenvalue weighted by atomic mass is 9.97. The van der Waals surface area contributed by atoms with Crippen LogP contribution >= 0.6 is 0 Å². The van der Waals surface area contributed by atoms with Crippen molar-refractivity contribution in [3.8, 4) is 0 Å². The van der Waals surface area contributed by atoms with Gasteiger partial charge in [-0.05, 0) is 63.4 Å². The van der Waals surface area contributed by atoms with Crippen LogP contribution in [0.5, 0.6) is 0 Å². The fraction of sp³-hybridized carbons (Fsp3) is 0.600. The number of methoxy groups -OCH3 is 1. The second-order valence-corrected chi connectivity index (χ2v) is 4.88. The van der Waals surface area contributed by atoms with Crippen LogP contribution < -0.4 is 5.32 Å². The highest BCUT2D eigenvalue weighted by Crippen LogP contribution is 2.15. The van der Waals surface area contributed by atoms with Gasteiger partial charge in [-0.1, -0.05) is 6.07 Å². The number of hydrogen-bond acceptors (Lipinski definition) is 2. The number of rotatable bonds is 7. The normalized spacial score (nSPS) is 14.5. The predicted molar refractivity (Wildman–Crippen MR) is 73.4 cm³/mol. The summed E-state index contributed by atoms with van der Waals surface area (Å²) in [4.78, 5) is 0. The van der Waals surface area contributed by atoms with E-state index in [1.54, 1.807) is 13.2 Å². The van der Waals surface area contributed by atoms with E-state index in [1.807, 2.05) is 20.0 Å². The van der Waals surface area contributed by atoms with Gasteiger partial charge in [0.25, 0.3) is 0 Å². The molecule has 18 heavy (non-hydrogen) atoms. The summed E-state index contributed by atoms with van der Waals surface area (Å²) in [6, 6.07) is 5.36. The third-order valence-corrected chi connectivity index (χ3v) is 3.51. The van der Waals surface area contributed by atoms with E-state index in [2.05, 4.69) is 12.2 Å². The molecule has 2 nitrogen and oxygen atoms in total. The highest BCUT2D eigenvalue weighted by atomic mass is 19.1. The molecule has 2 atom stereocenters. The molecule has 0 amide bonds. The van der Waals surface area contributed by atoms with Crippen molar-refractivity contribution in [2.45, 2.75) is 45.3 Å². The summed E-state index contributed by atoms with van der Waals surface area (Å²) in [5, 5.41) is 3.30. The van der Waals surface area contributed by atoms with Crippen molar-refractivity contribution in [3.05, 3.63) is 35.1 Å². The fourth-order valence-corrected chi connectivity index (χ4v) is 2.03. The largest absolute Gasteiger partial charge is 0.382 e. The van der Waals surface area contributed by atoms with Gasteiger partial charge in [0, 0.05) is 13.2 Å². The number of ether oxygens (including phenoxy) is 1. The molecule has 0 spiro atoms. The smallest absolute Gasteiger partial charge is 0.123 e. The van der Waals surface area contributed by atoms with Gasteiger partial charge in [0.15, 0.2) is 0 Å². The highest BCUT2D eigenvalue weighted by molar-refractivity contribution is 5.27. The first-order valence-electron chi connectivity index (χ1n) is 6.52. The molecule has 1 aromatic rings. The second-order valence-electron chi connectivity index (χ2n) is 4.88. The summed E-state index contributed by atoms with van der Waals surface area (Å²) in [5.41, 5.74) is 2.23. The highest BCUT2D eigenvalue weighted by Gasteiger charge is 2.11. The number of likely N-dealkylation sites (N-methyl/N-ethyl adjacent to an activating group) is 1. The average molecular weight is 253 g/mol. The zero-order chi connectivity index (χ0) is 13.5. The molecule has 0 aliphatic rings. The number of hydrogen-bond donors (Lipinski definition) is 1. The van der Waals surface area contributed by atoms with Gasteiger partial charge in [-0.2, -0.15) is 0 Å². The molecule has 0 saturated carbocycles. The van der Waals surface area contributed by atoms with E-state index in [9.17, 15) is 4.39 Å². The van der Waals surface area contributed by atoms with Gasteiger partial charge in [-0.25, -0.2) is 4.39 Å². The molecule has 0 heterocycles. The molecular formula is C15H24FNO. The summed E-state index contributed by atoms with van der Waals surface area (Å²) >= 11 is 0. The van der Waals surface area contributed by atoms with E-state index in [0.717, 1.165) is 30.4 Å². The maximum absolute atomic E-state index is 13.2. The van der Waals surface area contributed by atoms with Crippen molar-refractivity contribution in [2.24, 2.45) is 0 Å². The molecule has 0 fully saturated rings. The SMILES string of the molecule is CNC(CCC(C)OC)Cc1cc(F)ccc1C. The van der Waals surface area contributed by atoms with Gasteiger partial charge in [0.2, 0.25) is 0 Å². The zero-order valence-electron chi connectivity index (χ0n) is 11.8. The summed E-state index contributed by atoms with van der Waals surface area (Å²) in [7, 11) is 3.69. The Bertz CT molecular complexity index is 368. The molecule has 0 aliphatic heterocycles. The van der Waals surface area contributed by atoms with Gasteiger partial charge in [-0.3, -0.25) is 0 Å². The molecule has 102 valence electrons. The van der Waals surface area contributed by atoms with Crippen LogP contribution in [0.1, 0.15) is 30.9 Å². The van der Waals surface area contributed by atoms with Gasteiger partial charge >= 0.3 is 0 Å². The van der Waals surface area contributed by atoms with E-state index in [-0.39, 0.29) is 11.9 Å². The lowest BCUT2D eigenvalue weighted by molar-refractivity contribution is 0.106. The Hall–Kier alpha value is -0.930. The first-order chi connectivity index (χ1) is 8.56. The molecule has 0 aliphatic carbocycles. The lowest BCUT2D eigenvalue weighted by Gasteiger charge is -2.19. The summed E-state index contributed by atoms with van der Waals surface area (Å²) in [5.74, 6) is -0.157. The van der Waals surface area contributed by atoms with Crippen LogP contribution in [0.25, 0.3) is 0 Å². The number of aryl methyl sites for hydroxylation is 1. The lowest BCUT2D eigenvalue weighted by Crippen LogP contribution is -2.29. The molecular weight excluding hydrogens is 229 g/mol. The van der Waals surface area contributed by atoms with Crippen molar-refractivity contribution in [1.82, 2.24) is 5.32 Å². The van der Waals surface area contributed by atoms with Crippen LogP contribution in [0.4, 0.5) is 4.39 Å². The molecule has 0 aromatic heterocycles. The minimum Gasteiger partial charge on any atom is -0.382 e. The molecule has 3 heteroatoms. The zero-order valence-corrected chi connectivity index (χ0v) is 11.8. The Morgan fingerprint density at radius 3 is 2.67 bits per heavy atom. The first kappa shape index (κ1) is 15.1. The van der Waals surface area contributed by atoms with Crippen LogP contribution in [0.3, 0.4) is 0 Å². The third-order valence-electron chi connectivity index (χ3n) is 3.51. The van der Waals surface area contributed by atoms with Gasteiger partial charge in [-0.15, -0.1) is 0 Å². The number of benzene rings is 1. The van der Waals surface area contributed by atoms with Crippen molar-refractivity contribution >= 4 is 0 Å². The van der Waals surface area contributed by atoms with Crippen molar-refractivity contribution in [3.63, 3.8) is 0 Å². The van der Waals surface area contributed by atoms with Gasteiger partial charge in [0.1, 0.15) is 5.82 Å². The maximum atomic E-state index is 13.2. The molecule has 0 saturated heterocycles. The van der Waals surface area contributed by atoms with E-state index in [0.29, 0.717) is 6.04 Å². The Morgan fingerprint density at radius 1 is 1.33 bits per heavy atom. The van der Waals surface area contributed by atoms with E-state index >= 15 is 0 Å². The van der Waals surface area contributed by atoms with Crippen molar-refractivity contribution in [2.75, 3.05) is 14.2 Å². The van der Waals surface area contributed by atoms with Crippen LogP contribution in [0.2, 0.25) is 0 Å². The number of halogens is 1. The van der Waals surface area contributed by atoms with Crippen molar-refractivity contribution < 1.29 is 9.13 Å². The number of nitrogens with one attached hydrogen (secondary N) is 1. The van der Waals surface area contributed by atoms with Gasteiger partial charge < -0.3 is 10.1 Å². The molecule has 1 rings (SSSR count). The summed E-state index contributed by atoms with van der Waals surface area (Å²) in [6.45, 7) is 4.10. The Kier molecular flexibility index (Phi) is 6.30. The molecule has 2 unspecified atom stereocenters. The van der Waals surface area contributed by atoms with Crippen molar-refractivity contribution in [1.29, 1.82) is 0 Å². The Labute approximate surface area is 110 Å². The standard InChI is InChI=1S/C15H24FNO/c1-11-5-7-14(16)9-13(11)10-15(17-3)8-6-12(2)18-4/h5,7,9,12,15,17H,6,8,10H2,1-4H3. The second kappa shape index (κ2) is 7.49. The topological polar surface area (TPSA) is 21.3 Å². The van der Waals surface area contributed by atoms with E-state index < -0.39 is 0 Å². The van der Waals surface area contributed by atoms with E-state index in [4.69, 9.17) is 4.74 Å². The minimum atomic E-state index is -0.157. The maximum Gasteiger partial charge on any atom is 0.123 e. The fourth-order valence-electron chi connectivity index (χ4n) is 2.03. The monoisotopic (exact) mass is 253 g/mol. The average Bonchev–Trinajstić information content (AvgIpc) is 2.37. The van der Waals surface area contributed by atoms with Crippen LogP contribution in [0, 0.1) is 12.7 Å². The quantitative estimate of drug-likeness (QED) is 0.806. The van der Waals surface area contributed by atoms with E-state index in [1.165, 1.54) is 6.07 Å². The summed E-state index contributed by atoms with van der Waals surface area (Å²) in [6.07, 6.45) is 3.17. The first-order valence-corrected chi connectivity index (χ1v) is 6.52. The van der Waals surface area contributed by atoms with Crippen LogP contribution in [0.15, 0.2) is 18.2 Å². The Morgan fingerprint density at radius 2 is 2.06 bits per heavy atom. The van der Waals surface area contributed by atoms with Crippen LogP contribution in [-0.4, -0.2) is 26.3 Å². The molecule has 0 radical (unpaired) electrons. The predicted octanol–water partition coefficient (Wildman–Crippen LogP) is 3.08. The third kappa shape index (κ3) is 4.75. The molecule has 0 bridgehead atoms. The molecule has 1 N–H and O–H groups in total. The van der Waals surface area contributed by atoms with Crippen LogP contribution in [-0.2, 0) is 11.2 Å².